The van der Waals surface area contributed by atoms with E-state index in [0.29, 0.717) is 25.1 Å². The topological polar surface area (TPSA) is 68.2 Å². The summed E-state index contributed by atoms with van der Waals surface area (Å²) in [6.07, 6.45) is 4.19. The van der Waals surface area contributed by atoms with Gasteiger partial charge in [-0.2, -0.15) is 0 Å². The summed E-state index contributed by atoms with van der Waals surface area (Å²) in [5.74, 6) is 3.03. The molecule has 1 aromatic heterocycles. The molecular weight excluding hydrogens is 380 g/mol. The largest absolute Gasteiger partial charge is 0.494 e. The number of likely N-dealkylation sites (tertiary alicyclic amines) is 1. The Kier molecular flexibility index (Phi) is 8.32. The Morgan fingerprint density at radius 1 is 1.10 bits per heavy atom. The molecule has 30 heavy (non-hydrogen) atoms. The molecule has 162 valence electrons. The second kappa shape index (κ2) is 11.4. The highest BCUT2D eigenvalue weighted by Gasteiger charge is 2.21. The van der Waals surface area contributed by atoms with E-state index in [1.807, 2.05) is 50.4 Å². The molecule has 1 N–H and O–H groups in total. The van der Waals surface area contributed by atoms with Crippen LogP contribution in [0.3, 0.4) is 0 Å². The van der Waals surface area contributed by atoms with Crippen LogP contribution in [0, 0.1) is 0 Å². The fraction of sp³-hybridized carbons (Fsp3) is 0.478. The van der Waals surface area contributed by atoms with E-state index >= 15 is 0 Å². The second-order valence-corrected chi connectivity index (χ2v) is 7.05. The Morgan fingerprint density at radius 3 is 2.50 bits per heavy atom. The van der Waals surface area contributed by atoms with E-state index in [4.69, 9.17) is 14.2 Å². The van der Waals surface area contributed by atoms with Gasteiger partial charge in [-0.05, 0) is 62.6 Å². The molecule has 1 aromatic carbocycles. The maximum Gasteiger partial charge on any atom is 0.219 e. The van der Waals surface area contributed by atoms with Crippen molar-refractivity contribution in [1.82, 2.24) is 15.2 Å². The fourth-order valence-electron chi connectivity index (χ4n) is 3.49. The van der Waals surface area contributed by atoms with Gasteiger partial charge in [-0.15, -0.1) is 0 Å². The maximum atomic E-state index is 5.89. The van der Waals surface area contributed by atoms with Crippen LogP contribution < -0.4 is 14.8 Å². The van der Waals surface area contributed by atoms with E-state index in [2.05, 4.69) is 27.1 Å². The van der Waals surface area contributed by atoms with Crippen LogP contribution in [0.4, 0.5) is 0 Å². The molecule has 0 amide bonds. The first-order valence-electron chi connectivity index (χ1n) is 10.6. The smallest absolute Gasteiger partial charge is 0.219 e. The van der Waals surface area contributed by atoms with Gasteiger partial charge >= 0.3 is 0 Å². The van der Waals surface area contributed by atoms with Crippen LogP contribution >= 0.6 is 0 Å². The van der Waals surface area contributed by atoms with Gasteiger partial charge in [-0.25, -0.2) is 4.98 Å². The van der Waals surface area contributed by atoms with Crippen LogP contribution in [0.15, 0.2) is 47.6 Å². The molecule has 7 nitrogen and oxygen atoms in total. The highest BCUT2D eigenvalue weighted by Crippen LogP contribution is 2.23. The predicted octanol–water partition coefficient (Wildman–Crippen LogP) is 3.85. The van der Waals surface area contributed by atoms with Crippen LogP contribution in [0.2, 0.25) is 0 Å². The number of hydrogen-bond acceptors (Lipinski definition) is 5. The molecule has 7 heteroatoms. The second-order valence-electron chi connectivity index (χ2n) is 7.05. The zero-order valence-corrected chi connectivity index (χ0v) is 18.1. The van der Waals surface area contributed by atoms with Gasteiger partial charge in [0.1, 0.15) is 11.5 Å². The molecule has 3 rings (SSSR count). The summed E-state index contributed by atoms with van der Waals surface area (Å²) in [6.45, 7) is 7.99. The molecule has 1 aliphatic heterocycles. The van der Waals surface area contributed by atoms with E-state index in [1.54, 1.807) is 6.20 Å². The van der Waals surface area contributed by atoms with Crippen molar-refractivity contribution in [2.45, 2.75) is 39.3 Å². The average Bonchev–Trinajstić information content (AvgIpc) is 2.77. The third-order valence-corrected chi connectivity index (χ3v) is 4.96. The van der Waals surface area contributed by atoms with Crippen molar-refractivity contribution < 1.29 is 14.2 Å². The number of guanidine groups is 1. The summed E-state index contributed by atoms with van der Waals surface area (Å²) in [7, 11) is 1.82. The molecule has 0 spiro atoms. The van der Waals surface area contributed by atoms with E-state index < -0.39 is 0 Å². The summed E-state index contributed by atoms with van der Waals surface area (Å²) in [5.41, 5.74) is 1.08. The molecule has 0 atom stereocenters. The third kappa shape index (κ3) is 6.35. The van der Waals surface area contributed by atoms with Gasteiger partial charge in [-0.3, -0.25) is 4.99 Å². The number of hydrogen-bond donors (Lipinski definition) is 1. The highest BCUT2D eigenvalue weighted by atomic mass is 16.5. The maximum absolute atomic E-state index is 5.89. The standard InChI is InChI=1S/C23H32N4O3/c1-4-28-19-6-8-21(9-7-19)30-22-16-18(10-13-25-22)17-26-23(24-3)27-14-11-20(12-15-27)29-5-2/h6-10,13,16,20H,4-5,11-12,14-15,17H2,1-3H3,(H,24,26). The van der Waals surface area contributed by atoms with Crippen molar-refractivity contribution in [2.24, 2.45) is 4.99 Å². The Hall–Kier alpha value is -2.80. The van der Waals surface area contributed by atoms with E-state index in [0.717, 1.165) is 55.6 Å². The van der Waals surface area contributed by atoms with Crippen molar-refractivity contribution >= 4 is 5.96 Å². The number of ether oxygens (including phenoxy) is 3. The number of aromatic nitrogens is 1. The Labute approximate surface area is 179 Å². The van der Waals surface area contributed by atoms with Gasteiger partial charge in [0.25, 0.3) is 0 Å². The summed E-state index contributed by atoms with van der Waals surface area (Å²) >= 11 is 0. The molecule has 1 saturated heterocycles. The molecule has 2 heterocycles. The third-order valence-electron chi connectivity index (χ3n) is 4.96. The van der Waals surface area contributed by atoms with Gasteiger partial charge in [-0.1, -0.05) is 0 Å². The lowest BCUT2D eigenvalue weighted by Gasteiger charge is -2.34. The minimum absolute atomic E-state index is 0.367. The van der Waals surface area contributed by atoms with Crippen LogP contribution in [0.25, 0.3) is 0 Å². The monoisotopic (exact) mass is 412 g/mol. The first kappa shape index (κ1) is 21.9. The lowest BCUT2D eigenvalue weighted by atomic mass is 10.1. The molecule has 0 bridgehead atoms. The van der Waals surface area contributed by atoms with E-state index in [-0.39, 0.29) is 0 Å². The zero-order valence-electron chi connectivity index (χ0n) is 18.1. The SMILES string of the molecule is CCOc1ccc(Oc2cc(CNC(=NC)N3CCC(OCC)CC3)ccn2)cc1. The molecule has 0 aliphatic carbocycles. The minimum atomic E-state index is 0.367. The first-order chi connectivity index (χ1) is 14.7. The number of nitrogens with one attached hydrogen (secondary N) is 1. The van der Waals surface area contributed by atoms with Gasteiger partial charge in [0, 0.05) is 45.6 Å². The number of pyridine rings is 1. The Morgan fingerprint density at radius 2 is 1.83 bits per heavy atom. The number of benzene rings is 1. The fourth-order valence-corrected chi connectivity index (χ4v) is 3.49. The van der Waals surface area contributed by atoms with Crippen molar-refractivity contribution in [3.8, 4) is 17.4 Å². The average molecular weight is 413 g/mol. The van der Waals surface area contributed by atoms with Crippen molar-refractivity contribution in [2.75, 3.05) is 33.4 Å². The van der Waals surface area contributed by atoms with Crippen LogP contribution in [-0.2, 0) is 11.3 Å². The zero-order chi connectivity index (χ0) is 21.2. The van der Waals surface area contributed by atoms with Gasteiger partial charge < -0.3 is 24.4 Å². The van der Waals surface area contributed by atoms with Crippen LogP contribution in [0.5, 0.6) is 17.4 Å². The molecule has 0 unspecified atom stereocenters. The Bertz CT molecular complexity index is 802. The van der Waals surface area contributed by atoms with Gasteiger partial charge in [0.2, 0.25) is 5.88 Å². The summed E-state index contributed by atoms with van der Waals surface area (Å²) in [6, 6.07) is 11.5. The first-order valence-corrected chi connectivity index (χ1v) is 10.6. The lowest BCUT2D eigenvalue weighted by Crippen LogP contribution is -2.46. The van der Waals surface area contributed by atoms with Crippen molar-refractivity contribution in [3.63, 3.8) is 0 Å². The van der Waals surface area contributed by atoms with Crippen molar-refractivity contribution in [3.05, 3.63) is 48.2 Å². The van der Waals surface area contributed by atoms with Crippen LogP contribution in [0.1, 0.15) is 32.3 Å². The predicted molar refractivity (Wildman–Crippen MR) is 118 cm³/mol. The number of aliphatic imine (C=N–C) groups is 1. The quantitative estimate of drug-likeness (QED) is 0.525. The summed E-state index contributed by atoms with van der Waals surface area (Å²) in [5, 5.41) is 3.45. The number of rotatable bonds is 8. The van der Waals surface area contributed by atoms with E-state index in [1.165, 1.54) is 0 Å². The molecule has 0 saturated carbocycles. The summed E-state index contributed by atoms with van der Waals surface area (Å²) < 4.78 is 17.1. The van der Waals surface area contributed by atoms with Gasteiger partial charge in [0.15, 0.2) is 5.96 Å². The molecule has 0 radical (unpaired) electrons. The molecule has 1 fully saturated rings. The normalized spacial score (nSPS) is 15.2. The van der Waals surface area contributed by atoms with Gasteiger partial charge in [0.05, 0.1) is 12.7 Å². The molecule has 1 aliphatic rings. The highest BCUT2D eigenvalue weighted by molar-refractivity contribution is 5.80. The Balaban J connectivity index is 1.53. The summed E-state index contributed by atoms with van der Waals surface area (Å²) in [4.78, 5) is 11.0. The minimum Gasteiger partial charge on any atom is -0.494 e. The van der Waals surface area contributed by atoms with Crippen molar-refractivity contribution in [1.29, 1.82) is 0 Å². The molecule has 2 aromatic rings. The molecular formula is C23H32N4O3. The lowest BCUT2D eigenvalue weighted by molar-refractivity contribution is 0.0263. The van der Waals surface area contributed by atoms with E-state index in [9.17, 15) is 0 Å². The number of nitrogens with zero attached hydrogens (tertiary/aromatic N) is 3. The number of piperidine rings is 1. The van der Waals surface area contributed by atoms with Crippen LogP contribution in [-0.4, -0.2) is 55.3 Å².